The lowest BCUT2D eigenvalue weighted by molar-refractivity contribution is 0.121. The Kier molecular flexibility index (Phi) is 4.19. The van der Waals surface area contributed by atoms with Gasteiger partial charge in [0.05, 0.1) is 0 Å². The lowest BCUT2D eigenvalue weighted by atomic mass is 9.93. The van der Waals surface area contributed by atoms with E-state index in [1.165, 1.54) is 0 Å². The third kappa shape index (κ3) is 2.45. The molecule has 0 aromatic heterocycles. The van der Waals surface area contributed by atoms with Crippen molar-refractivity contribution in [2.24, 2.45) is 0 Å². The average molecular weight is 319 g/mol. The van der Waals surface area contributed by atoms with Gasteiger partial charge in [-0.1, -0.05) is 0 Å². The maximum absolute atomic E-state index is 13.5. The first-order valence-electron chi connectivity index (χ1n) is 6.10. The van der Waals surface area contributed by atoms with Crippen molar-refractivity contribution >= 4 is 0 Å². The summed E-state index contributed by atoms with van der Waals surface area (Å²) in [6.45, 7) is 2.06. The minimum atomic E-state index is -2.10. The molecule has 0 aliphatic carbocycles. The Hall–Kier alpha value is -2.02. The summed E-state index contributed by atoms with van der Waals surface area (Å²) < 4.78 is 79.6. The van der Waals surface area contributed by atoms with Crippen LogP contribution in [0.25, 0.3) is 0 Å². The van der Waals surface area contributed by atoms with Crippen molar-refractivity contribution in [3.63, 3.8) is 0 Å². The van der Waals surface area contributed by atoms with Crippen molar-refractivity contribution in [3.05, 3.63) is 69.3 Å². The molecule has 117 valence electrons. The molecule has 0 amide bonds. The molecule has 0 saturated carbocycles. The highest BCUT2D eigenvalue weighted by Gasteiger charge is 2.26. The summed E-state index contributed by atoms with van der Waals surface area (Å²) in [6, 6.07) is 0.925. The molecule has 2 aromatic carbocycles. The Balaban J connectivity index is 2.66. The highest BCUT2D eigenvalue weighted by molar-refractivity contribution is 5.41. The summed E-state index contributed by atoms with van der Waals surface area (Å²) in [6.07, 6.45) is -2.10. The average Bonchev–Trinajstić information content (AvgIpc) is 2.49. The zero-order valence-corrected chi connectivity index (χ0v) is 11.4. The molecule has 0 saturated heterocycles. The third-order valence-electron chi connectivity index (χ3n) is 3.46. The fraction of sp³-hybridized carbons (Fsp3) is 0.200. The van der Waals surface area contributed by atoms with Gasteiger partial charge in [0, 0.05) is 0 Å². The van der Waals surface area contributed by atoms with E-state index < -0.39 is 63.3 Å². The molecular formula is C15H9F6O. The Morgan fingerprint density at radius 2 is 1.00 bits per heavy atom. The van der Waals surface area contributed by atoms with Crippen molar-refractivity contribution < 1.29 is 31.4 Å². The summed E-state index contributed by atoms with van der Waals surface area (Å²) in [4.78, 5) is 0. The molecular weight excluding hydrogens is 310 g/mol. The van der Waals surface area contributed by atoms with Gasteiger partial charge in [0.2, 0.25) is 0 Å². The molecule has 1 nitrogen and oxygen atoms in total. The molecule has 0 unspecified atom stereocenters. The Bertz CT molecular complexity index is 693. The van der Waals surface area contributed by atoms with Crippen LogP contribution in [-0.4, -0.2) is 0 Å². The Labute approximate surface area is 121 Å². The number of benzene rings is 2. The van der Waals surface area contributed by atoms with Crippen LogP contribution in [0.15, 0.2) is 12.1 Å². The first kappa shape index (κ1) is 16.4. The molecule has 1 radical (unpaired) electrons. The maximum Gasteiger partial charge on any atom is 0.194 e. The molecule has 0 aliphatic rings. The van der Waals surface area contributed by atoms with Crippen LogP contribution in [0, 0.1) is 48.8 Å². The summed E-state index contributed by atoms with van der Waals surface area (Å²) in [7, 11) is 0. The number of hydrogen-bond acceptors (Lipinski definition) is 0. The van der Waals surface area contributed by atoms with Gasteiger partial charge >= 0.3 is 0 Å². The van der Waals surface area contributed by atoms with Crippen LogP contribution in [0.1, 0.15) is 28.4 Å². The molecule has 0 spiro atoms. The molecule has 0 bridgehead atoms. The molecule has 0 atom stereocenters. The number of hydrogen-bond donors (Lipinski definition) is 0. The SMILES string of the molecule is Cc1c(C([O])c2cc(F)c(F)c(F)c2C)cc(F)c(F)c1F. The summed E-state index contributed by atoms with van der Waals surface area (Å²) in [5.41, 5.74) is -2.01. The zero-order chi connectivity index (χ0) is 16.8. The highest BCUT2D eigenvalue weighted by atomic mass is 19.2. The van der Waals surface area contributed by atoms with E-state index in [1.807, 2.05) is 0 Å². The summed E-state index contributed by atoms with van der Waals surface area (Å²) in [5, 5.41) is 12.3. The predicted octanol–water partition coefficient (Wildman–Crippen LogP) is 4.66. The molecule has 0 aliphatic heterocycles. The van der Waals surface area contributed by atoms with Crippen molar-refractivity contribution in [1.29, 1.82) is 0 Å². The monoisotopic (exact) mass is 319 g/mol. The van der Waals surface area contributed by atoms with Gasteiger partial charge in [-0.05, 0) is 48.2 Å². The molecule has 0 heterocycles. The van der Waals surface area contributed by atoms with Crippen LogP contribution < -0.4 is 0 Å². The van der Waals surface area contributed by atoms with Crippen LogP contribution in [-0.2, 0) is 5.11 Å². The van der Waals surface area contributed by atoms with Gasteiger partial charge in [0.15, 0.2) is 34.9 Å². The van der Waals surface area contributed by atoms with E-state index in [0.717, 1.165) is 13.8 Å². The van der Waals surface area contributed by atoms with E-state index in [9.17, 15) is 31.4 Å². The lowest BCUT2D eigenvalue weighted by Crippen LogP contribution is -2.10. The van der Waals surface area contributed by atoms with Gasteiger partial charge in [0.1, 0.15) is 6.10 Å². The second kappa shape index (κ2) is 5.64. The van der Waals surface area contributed by atoms with Crippen LogP contribution in [0.3, 0.4) is 0 Å². The van der Waals surface area contributed by atoms with E-state index in [2.05, 4.69) is 0 Å². The lowest BCUT2D eigenvalue weighted by Gasteiger charge is -2.16. The first-order chi connectivity index (χ1) is 10.2. The summed E-state index contributed by atoms with van der Waals surface area (Å²) in [5.74, 6) is -9.81. The van der Waals surface area contributed by atoms with E-state index in [0.29, 0.717) is 12.1 Å². The van der Waals surface area contributed by atoms with E-state index in [-0.39, 0.29) is 0 Å². The second-order valence-electron chi connectivity index (χ2n) is 4.78. The van der Waals surface area contributed by atoms with Gasteiger partial charge in [-0.25, -0.2) is 31.4 Å². The topological polar surface area (TPSA) is 19.9 Å². The standard InChI is InChI=1S/C15H9F6O/c1-5-7(3-9(16)13(20)11(5)18)15(22)8-4-10(17)14(21)12(19)6(8)2/h3-4,15H,1-2H3. The highest BCUT2D eigenvalue weighted by Crippen LogP contribution is 2.33. The van der Waals surface area contributed by atoms with Crippen molar-refractivity contribution in [2.45, 2.75) is 20.0 Å². The smallest absolute Gasteiger partial charge is 0.194 e. The van der Waals surface area contributed by atoms with Crippen molar-refractivity contribution in [3.8, 4) is 0 Å². The number of rotatable bonds is 2. The Morgan fingerprint density at radius 1 is 0.682 bits per heavy atom. The molecule has 2 rings (SSSR count). The molecule has 2 aromatic rings. The third-order valence-corrected chi connectivity index (χ3v) is 3.46. The normalized spacial score (nSPS) is 11.4. The van der Waals surface area contributed by atoms with Gasteiger partial charge in [-0.3, -0.25) is 0 Å². The molecule has 0 N–H and O–H groups in total. The fourth-order valence-electron chi connectivity index (χ4n) is 2.12. The largest absolute Gasteiger partial charge is 0.223 e. The summed E-state index contributed by atoms with van der Waals surface area (Å²) >= 11 is 0. The number of halogens is 6. The first-order valence-corrected chi connectivity index (χ1v) is 6.10. The molecule has 22 heavy (non-hydrogen) atoms. The van der Waals surface area contributed by atoms with Crippen LogP contribution in [0.4, 0.5) is 26.3 Å². The van der Waals surface area contributed by atoms with Crippen molar-refractivity contribution in [1.82, 2.24) is 0 Å². The van der Waals surface area contributed by atoms with Gasteiger partial charge < -0.3 is 0 Å². The second-order valence-corrected chi connectivity index (χ2v) is 4.78. The minimum absolute atomic E-state index is 0.462. The Morgan fingerprint density at radius 3 is 1.32 bits per heavy atom. The molecule has 7 heteroatoms. The van der Waals surface area contributed by atoms with Crippen molar-refractivity contribution in [2.75, 3.05) is 0 Å². The van der Waals surface area contributed by atoms with E-state index in [4.69, 9.17) is 0 Å². The van der Waals surface area contributed by atoms with E-state index in [1.54, 1.807) is 0 Å². The van der Waals surface area contributed by atoms with Gasteiger partial charge in [0.25, 0.3) is 0 Å². The minimum Gasteiger partial charge on any atom is -0.223 e. The zero-order valence-electron chi connectivity index (χ0n) is 11.4. The van der Waals surface area contributed by atoms with Crippen LogP contribution in [0.5, 0.6) is 0 Å². The quantitative estimate of drug-likeness (QED) is 0.567. The van der Waals surface area contributed by atoms with Crippen LogP contribution >= 0.6 is 0 Å². The molecule has 0 fully saturated rings. The predicted molar refractivity (Wildman–Crippen MR) is 64.6 cm³/mol. The van der Waals surface area contributed by atoms with Crippen LogP contribution in [0.2, 0.25) is 0 Å². The maximum atomic E-state index is 13.5. The van der Waals surface area contributed by atoms with E-state index >= 15 is 0 Å². The van der Waals surface area contributed by atoms with Gasteiger partial charge in [-0.15, -0.1) is 0 Å². The van der Waals surface area contributed by atoms with Gasteiger partial charge in [-0.2, -0.15) is 0 Å². The fourth-order valence-corrected chi connectivity index (χ4v) is 2.12.